The van der Waals surface area contributed by atoms with Gasteiger partial charge in [-0.05, 0) is 24.3 Å². The minimum atomic E-state index is -0.414. The number of methoxy groups -OCH3 is 1. The number of ether oxygens (including phenoxy) is 1. The van der Waals surface area contributed by atoms with Gasteiger partial charge in [-0.15, -0.1) is 5.10 Å². The molecule has 2 N–H and O–H groups in total. The largest absolute Gasteiger partial charge is 0.465 e. The van der Waals surface area contributed by atoms with Crippen molar-refractivity contribution < 1.29 is 9.53 Å². The van der Waals surface area contributed by atoms with Crippen molar-refractivity contribution in [2.24, 2.45) is 0 Å². The van der Waals surface area contributed by atoms with Gasteiger partial charge >= 0.3 is 5.97 Å². The Bertz CT molecular complexity index is 795. The van der Waals surface area contributed by atoms with Crippen LogP contribution in [0.5, 0.6) is 0 Å². The number of nitrogen functional groups attached to an aromatic ring is 1. The molecule has 20 heavy (non-hydrogen) atoms. The van der Waals surface area contributed by atoms with E-state index in [4.69, 9.17) is 5.73 Å². The summed E-state index contributed by atoms with van der Waals surface area (Å²) in [5, 5.41) is 4.34. The smallest absolute Gasteiger partial charge is 0.339 e. The van der Waals surface area contributed by atoms with Crippen LogP contribution in [0.15, 0.2) is 42.6 Å². The van der Waals surface area contributed by atoms with Crippen LogP contribution in [0.3, 0.4) is 0 Å². The van der Waals surface area contributed by atoms with Crippen molar-refractivity contribution in [1.82, 2.24) is 14.6 Å². The molecule has 0 atom stereocenters. The average Bonchev–Trinajstić information content (AvgIpc) is 2.89. The monoisotopic (exact) mass is 268 g/mol. The van der Waals surface area contributed by atoms with Crippen LogP contribution in [0.1, 0.15) is 10.4 Å². The van der Waals surface area contributed by atoms with Crippen LogP contribution in [0, 0.1) is 0 Å². The Kier molecular flexibility index (Phi) is 2.83. The van der Waals surface area contributed by atoms with Gasteiger partial charge in [0.05, 0.1) is 12.7 Å². The third kappa shape index (κ3) is 1.97. The molecule has 2 heterocycles. The van der Waals surface area contributed by atoms with Crippen LogP contribution < -0.4 is 5.73 Å². The molecule has 3 aromatic rings. The number of carbonyl (C=O) groups excluding carboxylic acids is 1. The molecular weight excluding hydrogens is 256 g/mol. The zero-order chi connectivity index (χ0) is 14.1. The fourth-order valence-corrected chi connectivity index (χ4v) is 1.94. The quantitative estimate of drug-likeness (QED) is 0.565. The van der Waals surface area contributed by atoms with Crippen molar-refractivity contribution in [1.29, 1.82) is 0 Å². The number of hydrogen-bond acceptors (Lipinski definition) is 5. The fraction of sp³-hybridized carbons (Fsp3) is 0.0714. The molecule has 0 aliphatic heterocycles. The minimum Gasteiger partial charge on any atom is -0.465 e. The molecule has 0 aliphatic carbocycles. The van der Waals surface area contributed by atoms with E-state index in [0.29, 0.717) is 22.7 Å². The summed E-state index contributed by atoms with van der Waals surface area (Å²) in [5.74, 6) is 0.105. The standard InChI is InChI=1S/C14H12N4O2/c1-20-14(19)9-6-7-12-16-13(17-18(12)8-9)10-4-2-3-5-11(10)15/h2-8H,15H2,1H3. The second-order valence-corrected chi connectivity index (χ2v) is 4.23. The Balaban J connectivity index is 2.12. The fourth-order valence-electron chi connectivity index (χ4n) is 1.94. The zero-order valence-electron chi connectivity index (χ0n) is 10.8. The summed E-state index contributed by atoms with van der Waals surface area (Å²) in [6, 6.07) is 10.7. The molecule has 0 fully saturated rings. The Morgan fingerprint density at radius 2 is 2.05 bits per heavy atom. The van der Waals surface area contributed by atoms with Crippen molar-refractivity contribution in [3.63, 3.8) is 0 Å². The number of carbonyl (C=O) groups is 1. The van der Waals surface area contributed by atoms with Crippen molar-refractivity contribution in [3.8, 4) is 11.4 Å². The van der Waals surface area contributed by atoms with Gasteiger partial charge in [0, 0.05) is 17.4 Å². The molecule has 3 rings (SSSR count). The van der Waals surface area contributed by atoms with E-state index in [-0.39, 0.29) is 0 Å². The second-order valence-electron chi connectivity index (χ2n) is 4.23. The normalized spacial score (nSPS) is 10.7. The maximum absolute atomic E-state index is 11.5. The molecule has 0 spiro atoms. The van der Waals surface area contributed by atoms with Gasteiger partial charge in [0.25, 0.3) is 0 Å². The Labute approximate surface area is 114 Å². The van der Waals surface area contributed by atoms with E-state index >= 15 is 0 Å². The molecule has 6 heteroatoms. The third-order valence-electron chi connectivity index (χ3n) is 2.95. The lowest BCUT2D eigenvalue weighted by atomic mass is 10.2. The molecule has 0 bridgehead atoms. The van der Waals surface area contributed by atoms with E-state index in [0.717, 1.165) is 5.56 Å². The van der Waals surface area contributed by atoms with E-state index in [1.54, 1.807) is 24.4 Å². The SMILES string of the molecule is COC(=O)c1ccc2nc(-c3ccccc3N)nn2c1. The third-order valence-corrected chi connectivity index (χ3v) is 2.95. The molecule has 0 unspecified atom stereocenters. The predicted octanol–water partition coefficient (Wildman–Crippen LogP) is 1.77. The first-order chi connectivity index (χ1) is 9.69. The highest BCUT2D eigenvalue weighted by Gasteiger charge is 2.11. The number of rotatable bonds is 2. The number of pyridine rings is 1. The van der Waals surface area contributed by atoms with E-state index in [9.17, 15) is 4.79 Å². The highest BCUT2D eigenvalue weighted by molar-refractivity contribution is 5.89. The van der Waals surface area contributed by atoms with Crippen LogP contribution in [-0.2, 0) is 4.74 Å². The number of aromatic nitrogens is 3. The van der Waals surface area contributed by atoms with Crippen molar-refractivity contribution in [2.45, 2.75) is 0 Å². The van der Waals surface area contributed by atoms with E-state index in [1.165, 1.54) is 11.6 Å². The highest BCUT2D eigenvalue weighted by Crippen LogP contribution is 2.22. The lowest BCUT2D eigenvalue weighted by Crippen LogP contribution is -2.03. The summed E-state index contributed by atoms with van der Waals surface area (Å²) in [6.07, 6.45) is 1.58. The average molecular weight is 268 g/mol. The summed E-state index contributed by atoms with van der Waals surface area (Å²) < 4.78 is 6.21. The van der Waals surface area contributed by atoms with E-state index < -0.39 is 5.97 Å². The lowest BCUT2D eigenvalue weighted by molar-refractivity contribution is 0.0600. The lowest BCUT2D eigenvalue weighted by Gasteiger charge is -1.99. The first kappa shape index (κ1) is 12.2. The first-order valence-corrected chi connectivity index (χ1v) is 5.98. The first-order valence-electron chi connectivity index (χ1n) is 5.98. The van der Waals surface area contributed by atoms with Crippen LogP contribution in [0.4, 0.5) is 5.69 Å². The van der Waals surface area contributed by atoms with Gasteiger partial charge in [0.15, 0.2) is 11.5 Å². The molecule has 0 amide bonds. The van der Waals surface area contributed by atoms with Crippen molar-refractivity contribution in [3.05, 3.63) is 48.2 Å². The number of anilines is 1. The van der Waals surface area contributed by atoms with Crippen LogP contribution in [0.25, 0.3) is 17.0 Å². The van der Waals surface area contributed by atoms with Crippen molar-refractivity contribution in [2.75, 3.05) is 12.8 Å². The number of fused-ring (bicyclic) bond motifs is 1. The number of hydrogen-bond donors (Lipinski definition) is 1. The van der Waals surface area contributed by atoms with Crippen molar-refractivity contribution >= 4 is 17.3 Å². The molecular formula is C14H12N4O2. The number of benzene rings is 1. The summed E-state index contributed by atoms with van der Waals surface area (Å²) in [7, 11) is 1.34. The van der Waals surface area contributed by atoms with Gasteiger partial charge < -0.3 is 10.5 Å². The van der Waals surface area contributed by atoms with Gasteiger partial charge in [0.1, 0.15) is 0 Å². The summed E-state index contributed by atoms with van der Waals surface area (Å²) >= 11 is 0. The van der Waals surface area contributed by atoms with Gasteiger partial charge in [-0.25, -0.2) is 14.3 Å². The van der Waals surface area contributed by atoms with Crippen LogP contribution in [-0.4, -0.2) is 27.7 Å². The molecule has 1 aromatic carbocycles. The van der Waals surface area contributed by atoms with Gasteiger partial charge in [-0.1, -0.05) is 12.1 Å². The topological polar surface area (TPSA) is 82.5 Å². The molecule has 0 radical (unpaired) electrons. The highest BCUT2D eigenvalue weighted by atomic mass is 16.5. The number of nitrogens with two attached hydrogens (primary N) is 1. The maximum atomic E-state index is 11.5. The van der Waals surface area contributed by atoms with Gasteiger partial charge in [-0.3, -0.25) is 0 Å². The van der Waals surface area contributed by atoms with E-state index in [1.807, 2.05) is 18.2 Å². The molecule has 2 aromatic heterocycles. The summed E-state index contributed by atoms with van der Waals surface area (Å²) in [5.41, 5.74) is 8.33. The molecule has 0 saturated carbocycles. The Hall–Kier alpha value is -2.89. The minimum absolute atomic E-state index is 0.414. The number of nitrogens with zero attached hydrogens (tertiary/aromatic N) is 3. The van der Waals surface area contributed by atoms with Gasteiger partial charge in [0.2, 0.25) is 0 Å². The maximum Gasteiger partial charge on any atom is 0.339 e. The second kappa shape index (κ2) is 4.65. The molecule has 0 aliphatic rings. The predicted molar refractivity (Wildman–Crippen MR) is 74.2 cm³/mol. The van der Waals surface area contributed by atoms with Gasteiger partial charge in [-0.2, -0.15) is 0 Å². The Morgan fingerprint density at radius 3 is 2.80 bits per heavy atom. The number of para-hydroxylation sites is 1. The number of esters is 1. The Morgan fingerprint density at radius 1 is 1.25 bits per heavy atom. The van der Waals surface area contributed by atoms with E-state index in [2.05, 4.69) is 14.8 Å². The zero-order valence-corrected chi connectivity index (χ0v) is 10.8. The van der Waals surface area contributed by atoms with Crippen LogP contribution >= 0.6 is 0 Å². The molecule has 0 saturated heterocycles. The summed E-state index contributed by atoms with van der Waals surface area (Å²) in [4.78, 5) is 15.9. The molecule has 100 valence electrons. The van der Waals surface area contributed by atoms with Crippen LogP contribution in [0.2, 0.25) is 0 Å². The molecule has 6 nitrogen and oxygen atoms in total. The summed E-state index contributed by atoms with van der Waals surface area (Å²) in [6.45, 7) is 0.